The molecule has 1 saturated carbocycles. The minimum atomic E-state index is -3.47. The molecule has 3 atom stereocenters. The summed E-state index contributed by atoms with van der Waals surface area (Å²) in [5.74, 6) is -0.675. The zero-order valence-corrected chi connectivity index (χ0v) is 12.5. The highest BCUT2D eigenvalue weighted by Crippen LogP contribution is 2.52. The summed E-state index contributed by atoms with van der Waals surface area (Å²) in [6, 6.07) is 16.1. The van der Waals surface area contributed by atoms with Crippen molar-refractivity contribution < 1.29 is 13.2 Å². The summed E-state index contributed by atoms with van der Waals surface area (Å²) in [6.45, 7) is 1.98. The summed E-state index contributed by atoms with van der Waals surface area (Å²) in [7, 11) is -3.47. The van der Waals surface area contributed by atoms with Crippen LogP contribution in [0.2, 0.25) is 0 Å². The summed E-state index contributed by atoms with van der Waals surface area (Å²) in [6.07, 6.45) is 0.773. The predicted molar refractivity (Wildman–Crippen MR) is 80.9 cm³/mol. The van der Waals surface area contributed by atoms with E-state index in [1.807, 2.05) is 31.2 Å². The summed E-state index contributed by atoms with van der Waals surface area (Å²) >= 11 is 0. The van der Waals surface area contributed by atoms with Gasteiger partial charge in [0, 0.05) is 11.8 Å². The molecule has 0 saturated heterocycles. The van der Waals surface area contributed by atoms with Crippen molar-refractivity contribution >= 4 is 16.1 Å². The Morgan fingerprint density at radius 3 is 2.14 bits per heavy atom. The van der Waals surface area contributed by atoms with Gasteiger partial charge in [0.1, 0.15) is 6.29 Å². The fourth-order valence-corrected chi connectivity index (χ4v) is 4.97. The molecule has 3 nitrogen and oxygen atoms in total. The maximum absolute atomic E-state index is 12.7. The molecule has 1 aliphatic carbocycles. The third-order valence-corrected chi connectivity index (χ3v) is 6.31. The molecule has 0 heterocycles. The lowest BCUT2D eigenvalue weighted by Gasteiger charge is -2.04. The zero-order valence-electron chi connectivity index (χ0n) is 11.6. The van der Waals surface area contributed by atoms with Crippen LogP contribution in [0, 0.1) is 12.8 Å². The Morgan fingerprint density at radius 1 is 0.952 bits per heavy atom. The predicted octanol–water partition coefficient (Wildman–Crippen LogP) is 2.75. The van der Waals surface area contributed by atoms with Crippen molar-refractivity contribution in [1.82, 2.24) is 0 Å². The molecule has 0 spiro atoms. The van der Waals surface area contributed by atoms with Crippen LogP contribution < -0.4 is 0 Å². The molecule has 1 fully saturated rings. The van der Waals surface area contributed by atoms with Gasteiger partial charge in [-0.05, 0) is 24.6 Å². The van der Waals surface area contributed by atoms with Crippen LogP contribution in [0.15, 0.2) is 59.5 Å². The Labute approximate surface area is 124 Å². The molecule has 108 valence electrons. The van der Waals surface area contributed by atoms with E-state index in [2.05, 4.69) is 0 Å². The van der Waals surface area contributed by atoms with Gasteiger partial charge in [-0.1, -0.05) is 48.0 Å². The van der Waals surface area contributed by atoms with Crippen LogP contribution in [0.5, 0.6) is 0 Å². The molecule has 0 N–H and O–H groups in total. The first-order chi connectivity index (χ1) is 10.1. The monoisotopic (exact) mass is 300 g/mol. The molecular weight excluding hydrogens is 284 g/mol. The van der Waals surface area contributed by atoms with E-state index in [1.165, 1.54) is 0 Å². The van der Waals surface area contributed by atoms with Crippen molar-refractivity contribution in [3.8, 4) is 0 Å². The summed E-state index contributed by atoms with van der Waals surface area (Å²) in [4.78, 5) is 11.5. The van der Waals surface area contributed by atoms with Crippen molar-refractivity contribution in [2.24, 2.45) is 5.92 Å². The van der Waals surface area contributed by atoms with Gasteiger partial charge in [0.25, 0.3) is 0 Å². The first kappa shape index (κ1) is 14.0. The Balaban J connectivity index is 1.96. The molecular formula is C17H16O3S. The molecule has 3 rings (SSSR count). The largest absolute Gasteiger partial charge is 0.303 e. The van der Waals surface area contributed by atoms with Gasteiger partial charge in [0.2, 0.25) is 0 Å². The lowest BCUT2D eigenvalue weighted by atomic mass is 10.1. The van der Waals surface area contributed by atoms with E-state index < -0.39 is 21.0 Å². The second kappa shape index (κ2) is 5.11. The van der Waals surface area contributed by atoms with Gasteiger partial charge in [0.05, 0.1) is 10.1 Å². The summed E-state index contributed by atoms with van der Waals surface area (Å²) < 4.78 is 25.3. The van der Waals surface area contributed by atoms with E-state index >= 15 is 0 Å². The van der Waals surface area contributed by atoms with Crippen LogP contribution in [0.25, 0.3) is 0 Å². The van der Waals surface area contributed by atoms with Crippen molar-refractivity contribution in [3.05, 3.63) is 65.7 Å². The zero-order chi connectivity index (χ0) is 15.0. The molecule has 2 aromatic carbocycles. The minimum Gasteiger partial charge on any atom is -0.303 e. The Kier molecular flexibility index (Phi) is 3.41. The maximum Gasteiger partial charge on any atom is 0.182 e. The maximum atomic E-state index is 12.7. The van der Waals surface area contributed by atoms with E-state index in [0.717, 1.165) is 17.4 Å². The topological polar surface area (TPSA) is 51.2 Å². The molecule has 0 amide bonds. The number of carbonyl (C=O) groups excluding carboxylic acids is 1. The molecule has 0 bridgehead atoms. The number of hydrogen-bond acceptors (Lipinski definition) is 3. The SMILES string of the molecule is Cc1ccc([C@@H]2[C@@H](C=O)[C@@H]2S(=O)(=O)c2ccccc2)cc1. The van der Waals surface area contributed by atoms with Crippen molar-refractivity contribution in [3.63, 3.8) is 0 Å². The molecule has 0 unspecified atom stereocenters. The van der Waals surface area contributed by atoms with Gasteiger partial charge in [-0.3, -0.25) is 0 Å². The van der Waals surface area contributed by atoms with Crippen LogP contribution in [-0.2, 0) is 14.6 Å². The molecule has 4 heteroatoms. The van der Waals surface area contributed by atoms with E-state index in [1.54, 1.807) is 30.3 Å². The van der Waals surface area contributed by atoms with E-state index in [-0.39, 0.29) is 10.8 Å². The fourth-order valence-electron chi connectivity index (χ4n) is 2.84. The highest BCUT2D eigenvalue weighted by Gasteiger charge is 2.58. The minimum absolute atomic E-state index is 0.228. The van der Waals surface area contributed by atoms with Crippen LogP contribution in [0.3, 0.4) is 0 Å². The number of aldehydes is 1. The molecule has 1 aliphatic rings. The number of sulfone groups is 1. The molecule has 0 radical (unpaired) electrons. The van der Waals surface area contributed by atoms with Gasteiger partial charge >= 0.3 is 0 Å². The van der Waals surface area contributed by atoms with Gasteiger partial charge in [-0.2, -0.15) is 0 Å². The van der Waals surface area contributed by atoms with Gasteiger partial charge < -0.3 is 4.79 Å². The number of rotatable bonds is 4. The van der Waals surface area contributed by atoms with Gasteiger partial charge in [-0.15, -0.1) is 0 Å². The van der Waals surface area contributed by atoms with Gasteiger partial charge in [-0.25, -0.2) is 8.42 Å². The van der Waals surface area contributed by atoms with E-state index in [9.17, 15) is 13.2 Å². The van der Waals surface area contributed by atoms with Crippen molar-refractivity contribution in [2.75, 3.05) is 0 Å². The highest BCUT2D eigenvalue weighted by atomic mass is 32.2. The average molecular weight is 300 g/mol. The number of carbonyl (C=O) groups is 1. The number of benzene rings is 2. The van der Waals surface area contributed by atoms with Gasteiger partial charge in [0.15, 0.2) is 9.84 Å². The summed E-state index contributed by atoms with van der Waals surface area (Å²) in [5, 5.41) is -0.639. The highest BCUT2D eigenvalue weighted by molar-refractivity contribution is 7.92. The van der Waals surface area contributed by atoms with Crippen LogP contribution in [0.1, 0.15) is 17.0 Å². The number of hydrogen-bond donors (Lipinski definition) is 0. The van der Waals surface area contributed by atoms with Crippen LogP contribution >= 0.6 is 0 Å². The molecule has 0 aromatic heterocycles. The van der Waals surface area contributed by atoms with Crippen molar-refractivity contribution in [2.45, 2.75) is 23.0 Å². The quantitative estimate of drug-likeness (QED) is 0.816. The smallest absolute Gasteiger partial charge is 0.182 e. The lowest BCUT2D eigenvalue weighted by Crippen LogP contribution is -2.10. The lowest BCUT2D eigenvalue weighted by molar-refractivity contribution is -0.108. The molecule has 2 aromatic rings. The third kappa shape index (κ3) is 2.40. The molecule has 21 heavy (non-hydrogen) atoms. The Bertz CT molecular complexity index is 748. The average Bonchev–Trinajstić information content (AvgIpc) is 3.24. The first-order valence-corrected chi connectivity index (χ1v) is 8.41. The second-order valence-electron chi connectivity index (χ2n) is 5.47. The number of aryl methyl sites for hydroxylation is 1. The summed E-state index contributed by atoms with van der Waals surface area (Å²) in [5.41, 5.74) is 2.03. The van der Waals surface area contributed by atoms with Crippen molar-refractivity contribution in [1.29, 1.82) is 0 Å². The fraction of sp³-hybridized carbons (Fsp3) is 0.235. The second-order valence-corrected chi connectivity index (χ2v) is 7.58. The normalized spacial score (nSPS) is 24.5. The first-order valence-electron chi connectivity index (χ1n) is 6.86. The van der Waals surface area contributed by atoms with E-state index in [4.69, 9.17) is 0 Å². The third-order valence-electron chi connectivity index (χ3n) is 4.06. The van der Waals surface area contributed by atoms with Crippen LogP contribution in [-0.4, -0.2) is 20.0 Å². The Morgan fingerprint density at radius 2 is 1.57 bits per heavy atom. The standard InChI is InChI=1S/C17H16O3S/c1-12-7-9-13(10-8-12)16-15(11-18)17(16)21(19,20)14-5-3-2-4-6-14/h2-11,15-17H,1H3/t15-,16-,17+/m1/s1. The van der Waals surface area contributed by atoms with Crippen LogP contribution in [0.4, 0.5) is 0 Å². The Hall–Kier alpha value is -1.94. The van der Waals surface area contributed by atoms with E-state index in [0.29, 0.717) is 0 Å². The molecule has 0 aliphatic heterocycles.